The van der Waals surface area contributed by atoms with Crippen molar-refractivity contribution in [3.05, 3.63) is 45.0 Å². The monoisotopic (exact) mass is 335 g/mol. The Bertz CT molecular complexity index is 766. The van der Waals surface area contributed by atoms with Gasteiger partial charge >= 0.3 is 4.87 Å². The number of benzene rings is 1. The molecule has 0 aliphatic carbocycles. The lowest BCUT2D eigenvalue weighted by Crippen LogP contribution is -2.20. The average Bonchev–Trinajstić information content (AvgIpc) is 2.82. The van der Waals surface area contributed by atoms with Gasteiger partial charge in [0.1, 0.15) is 5.75 Å². The third-order valence-corrected chi connectivity index (χ3v) is 3.92. The van der Waals surface area contributed by atoms with Crippen LogP contribution in [0.5, 0.6) is 5.75 Å². The van der Waals surface area contributed by atoms with E-state index < -0.39 is 5.91 Å². The molecule has 0 saturated carbocycles. The summed E-state index contributed by atoms with van der Waals surface area (Å²) in [5.74, 6) is -0.350. The Morgan fingerprint density at radius 2 is 2.17 bits per heavy atom. The van der Waals surface area contributed by atoms with Crippen LogP contribution in [0.4, 0.5) is 5.69 Å². The van der Waals surface area contributed by atoms with Crippen molar-refractivity contribution >= 4 is 28.8 Å². The molecule has 0 unspecified atom stereocenters. The van der Waals surface area contributed by atoms with Gasteiger partial charge in [0.25, 0.3) is 5.91 Å². The van der Waals surface area contributed by atoms with Crippen molar-refractivity contribution in [3.8, 4) is 5.75 Å². The van der Waals surface area contributed by atoms with Gasteiger partial charge in [0.15, 0.2) is 6.61 Å². The number of nitrogens with one attached hydrogen (secondary N) is 1. The number of anilines is 1. The Kier molecular flexibility index (Phi) is 5.53. The summed E-state index contributed by atoms with van der Waals surface area (Å²) in [7, 11) is 0. The van der Waals surface area contributed by atoms with Crippen molar-refractivity contribution in [2.24, 2.45) is 5.73 Å². The first-order valence-electron chi connectivity index (χ1n) is 6.91. The summed E-state index contributed by atoms with van der Waals surface area (Å²) >= 11 is 1.12. The van der Waals surface area contributed by atoms with Gasteiger partial charge in [-0.05, 0) is 19.1 Å². The number of rotatable bonds is 7. The van der Waals surface area contributed by atoms with Crippen molar-refractivity contribution in [1.29, 1.82) is 0 Å². The Morgan fingerprint density at radius 3 is 2.83 bits per heavy atom. The topological polar surface area (TPSA) is 103 Å². The number of aromatic nitrogens is 1. The molecule has 0 fully saturated rings. The van der Waals surface area contributed by atoms with Gasteiger partial charge in [0, 0.05) is 35.8 Å². The summed E-state index contributed by atoms with van der Waals surface area (Å²) in [4.78, 5) is 34.2. The predicted molar refractivity (Wildman–Crippen MR) is 87.7 cm³/mol. The third kappa shape index (κ3) is 4.96. The molecule has 0 aliphatic heterocycles. The highest BCUT2D eigenvalue weighted by atomic mass is 32.1. The van der Waals surface area contributed by atoms with Crippen molar-refractivity contribution in [2.75, 3.05) is 11.9 Å². The molecule has 1 aromatic carbocycles. The van der Waals surface area contributed by atoms with E-state index in [4.69, 9.17) is 10.5 Å². The number of ether oxygens (including phenoxy) is 1. The largest absolute Gasteiger partial charge is 0.484 e. The van der Waals surface area contributed by atoms with Gasteiger partial charge in [-0.25, -0.2) is 0 Å². The van der Waals surface area contributed by atoms with Crippen LogP contribution < -0.4 is 20.7 Å². The smallest absolute Gasteiger partial charge is 0.307 e. The van der Waals surface area contributed by atoms with Crippen molar-refractivity contribution in [2.45, 2.75) is 19.9 Å². The average molecular weight is 335 g/mol. The second-order valence-electron chi connectivity index (χ2n) is 4.88. The molecule has 2 amide bonds. The predicted octanol–water partition coefficient (Wildman–Crippen LogP) is 1.11. The number of amides is 2. The van der Waals surface area contributed by atoms with Crippen molar-refractivity contribution in [1.82, 2.24) is 4.57 Å². The highest BCUT2D eigenvalue weighted by molar-refractivity contribution is 7.07. The number of thiazole rings is 1. The number of hydrogen-bond donors (Lipinski definition) is 2. The van der Waals surface area contributed by atoms with E-state index >= 15 is 0 Å². The molecule has 0 saturated heterocycles. The van der Waals surface area contributed by atoms with Gasteiger partial charge in [-0.3, -0.25) is 14.4 Å². The number of carbonyl (C=O) groups excluding carboxylic acids is 2. The quantitative estimate of drug-likeness (QED) is 0.791. The zero-order valence-corrected chi connectivity index (χ0v) is 13.4. The molecule has 2 rings (SSSR count). The van der Waals surface area contributed by atoms with Gasteiger partial charge in [-0.1, -0.05) is 17.4 Å². The number of nitrogens with zero attached hydrogens (tertiary/aromatic N) is 1. The minimum absolute atomic E-state index is 0.0721. The molecule has 1 aromatic heterocycles. The first-order chi connectivity index (χ1) is 11.0. The number of nitrogens with two attached hydrogens (primary N) is 1. The standard InChI is InChI=1S/C15H17N3O4S/c1-10-9-23-15(21)18(10)6-5-14(20)17-11-3-2-4-12(7-11)22-8-13(16)19/h2-4,7,9H,5-6,8H2,1H3,(H2,16,19)(H,17,20). The number of aryl methyl sites for hydroxylation is 1. The van der Waals surface area contributed by atoms with Gasteiger partial charge in [0.2, 0.25) is 5.91 Å². The second-order valence-corrected chi connectivity index (χ2v) is 5.70. The minimum Gasteiger partial charge on any atom is -0.484 e. The van der Waals surface area contributed by atoms with E-state index in [2.05, 4.69) is 5.32 Å². The molecule has 0 radical (unpaired) electrons. The molecular formula is C15H17N3O4S. The van der Waals surface area contributed by atoms with Crippen LogP contribution in [0.1, 0.15) is 12.1 Å². The summed E-state index contributed by atoms with van der Waals surface area (Å²) in [6, 6.07) is 6.66. The Morgan fingerprint density at radius 1 is 1.39 bits per heavy atom. The highest BCUT2D eigenvalue weighted by Crippen LogP contribution is 2.17. The van der Waals surface area contributed by atoms with Gasteiger partial charge in [0.05, 0.1) is 0 Å². The fourth-order valence-corrected chi connectivity index (χ4v) is 2.69. The van der Waals surface area contributed by atoms with Gasteiger partial charge < -0.3 is 20.4 Å². The molecule has 8 heteroatoms. The van der Waals surface area contributed by atoms with Crippen molar-refractivity contribution < 1.29 is 14.3 Å². The zero-order chi connectivity index (χ0) is 16.8. The van der Waals surface area contributed by atoms with Gasteiger partial charge in [-0.15, -0.1) is 0 Å². The molecule has 0 spiro atoms. The SMILES string of the molecule is Cc1csc(=O)n1CCC(=O)Nc1cccc(OCC(N)=O)c1. The first-order valence-corrected chi connectivity index (χ1v) is 7.79. The molecule has 23 heavy (non-hydrogen) atoms. The van der Waals surface area contributed by atoms with E-state index in [9.17, 15) is 14.4 Å². The Balaban J connectivity index is 1.91. The van der Waals surface area contributed by atoms with Crippen LogP contribution in [0.25, 0.3) is 0 Å². The van der Waals surface area contributed by atoms with E-state index in [1.807, 2.05) is 6.92 Å². The fourth-order valence-electron chi connectivity index (χ4n) is 1.93. The van der Waals surface area contributed by atoms with E-state index in [1.165, 1.54) is 0 Å². The third-order valence-electron chi connectivity index (χ3n) is 3.04. The van der Waals surface area contributed by atoms with E-state index in [-0.39, 0.29) is 23.8 Å². The fraction of sp³-hybridized carbons (Fsp3) is 0.267. The maximum absolute atomic E-state index is 12.0. The maximum Gasteiger partial charge on any atom is 0.307 e. The molecule has 7 nitrogen and oxygen atoms in total. The summed E-state index contributed by atoms with van der Waals surface area (Å²) < 4.78 is 6.74. The van der Waals surface area contributed by atoms with E-state index in [0.717, 1.165) is 17.0 Å². The molecular weight excluding hydrogens is 318 g/mol. The Hall–Kier alpha value is -2.61. The number of hydrogen-bond acceptors (Lipinski definition) is 5. The highest BCUT2D eigenvalue weighted by Gasteiger charge is 2.07. The molecule has 0 bridgehead atoms. The molecule has 0 atom stereocenters. The molecule has 1 heterocycles. The zero-order valence-electron chi connectivity index (χ0n) is 12.6. The van der Waals surface area contributed by atoms with Crippen LogP contribution in [-0.2, 0) is 16.1 Å². The van der Waals surface area contributed by atoms with E-state index in [1.54, 1.807) is 34.2 Å². The Labute approximate surface area is 136 Å². The van der Waals surface area contributed by atoms with Crippen LogP contribution in [-0.4, -0.2) is 23.0 Å². The number of carbonyl (C=O) groups is 2. The molecule has 3 N–H and O–H groups in total. The molecule has 2 aromatic rings. The lowest BCUT2D eigenvalue weighted by molar-refractivity contribution is -0.120. The van der Waals surface area contributed by atoms with Crippen molar-refractivity contribution in [3.63, 3.8) is 0 Å². The maximum atomic E-state index is 12.0. The second kappa shape index (κ2) is 7.59. The van der Waals surface area contributed by atoms with Crippen LogP contribution in [0.3, 0.4) is 0 Å². The van der Waals surface area contributed by atoms with E-state index in [0.29, 0.717) is 18.0 Å². The lowest BCUT2D eigenvalue weighted by atomic mass is 10.3. The molecule has 0 aliphatic rings. The molecule has 122 valence electrons. The first kappa shape index (κ1) is 16.8. The summed E-state index contributed by atoms with van der Waals surface area (Å²) in [6.07, 6.45) is 0.184. The summed E-state index contributed by atoms with van der Waals surface area (Å²) in [5.41, 5.74) is 6.40. The lowest BCUT2D eigenvalue weighted by Gasteiger charge is -2.09. The normalized spacial score (nSPS) is 10.3. The van der Waals surface area contributed by atoms with Crippen LogP contribution >= 0.6 is 11.3 Å². The summed E-state index contributed by atoms with van der Waals surface area (Å²) in [6.45, 7) is 1.94. The summed E-state index contributed by atoms with van der Waals surface area (Å²) in [5, 5.41) is 4.49. The van der Waals surface area contributed by atoms with Crippen LogP contribution in [0, 0.1) is 6.92 Å². The van der Waals surface area contributed by atoms with Gasteiger partial charge in [-0.2, -0.15) is 0 Å². The van der Waals surface area contributed by atoms with Crippen LogP contribution in [0.2, 0.25) is 0 Å². The number of primary amides is 1. The minimum atomic E-state index is -0.573. The van der Waals surface area contributed by atoms with Crippen LogP contribution in [0.15, 0.2) is 34.4 Å².